The van der Waals surface area contributed by atoms with Crippen LogP contribution >= 0.6 is 11.8 Å². The Morgan fingerprint density at radius 3 is 2.81 bits per heavy atom. The van der Waals surface area contributed by atoms with E-state index >= 15 is 0 Å². The molecule has 7 nitrogen and oxygen atoms in total. The summed E-state index contributed by atoms with van der Waals surface area (Å²) in [6.45, 7) is 2.73. The van der Waals surface area contributed by atoms with Crippen LogP contribution in [-0.4, -0.2) is 39.8 Å². The minimum Gasteiger partial charge on any atom is -0.487 e. The number of ether oxygens (including phenoxy) is 1. The second-order valence-electron chi connectivity index (χ2n) is 8.83. The van der Waals surface area contributed by atoms with Crippen LogP contribution < -0.4 is 10.2 Å². The molecule has 4 aromatic rings. The number of aromatic nitrogens is 2. The molecule has 0 bridgehead atoms. The van der Waals surface area contributed by atoms with Gasteiger partial charge in [0, 0.05) is 42.8 Å². The van der Waals surface area contributed by atoms with Crippen molar-refractivity contribution in [1.82, 2.24) is 14.5 Å². The molecule has 8 heteroatoms. The SMILES string of the molecule is Cc1ccc2c(SCCCCCOc3coc(CN(C)C(=O)c4cccn4C)cc3=O)ccnc2c1. The first-order valence-corrected chi connectivity index (χ1v) is 13.0. The average Bonchev–Trinajstić information content (AvgIpc) is 3.29. The van der Waals surface area contributed by atoms with E-state index in [0.717, 1.165) is 30.5 Å². The largest absolute Gasteiger partial charge is 0.487 e. The van der Waals surface area contributed by atoms with Crippen LogP contribution in [0.25, 0.3) is 10.9 Å². The van der Waals surface area contributed by atoms with Gasteiger partial charge in [0.15, 0.2) is 0 Å². The summed E-state index contributed by atoms with van der Waals surface area (Å²) in [5.41, 5.74) is 2.58. The zero-order valence-corrected chi connectivity index (χ0v) is 21.7. The van der Waals surface area contributed by atoms with Crippen molar-refractivity contribution in [3.63, 3.8) is 0 Å². The van der Waals surface area contributed by atoms with Gasteiger partial charge in [-0.15, -0.1) is 11.8 Å². The molecule has 0 unspecified atom stereocenters. The molecule has 0 aliphatic heterocycles. The fraction of sp³-hybridized carbons (Fsp3) is 0.321. The number of fused-ring (bicyclic) bond motifs is 1. The van der Waals surface area contributed by atoms with Crippen LogP contribution in [0, 0.1) is 6.92 Å². The Hall–Kier alpha value is -3.52. The van der Waals surface area contributed by atoms with E-state index in [-0.39, 0.29) is 23.6 Å². The lowest BCUT2D eigenvalue weighted by Crippen LogP contribution is -2.28. The Morgan fingerprint density at radius 1 is 1.17 bits per heavy atom. The van der Waals surface area contributed by atoms with Gasteiger partial charge >= 0.3 is 0 Å². The second-order valence-corrected chi connectivity index (χ2v) is 9.96. The minimum atomic E-state index is -0.244. The summed E-state index contributed by atoms with van der Waals surface area (Å²) in [7, 11) is 3.49. The van der Waals surface area contributed by atoms with Gasteiger partial charge in [-0.3, -0.25) is 14.6 Å². The number of unbranched alkanes of at least 4 members (excludes halogenated alkanes) is 2. The van der Waals surface area contributed by atoms with Crippen molar-refractivity contribution >= 4 is 28.6 Å². The van der Waals surface area contributed by atoms with E-state index in [1.807, 2.05) is 37.3 Å². The van der Waals surface area contributed by atoms with Gasteiger partial charge in [-0.1, -0.05) is 12.1 Å². The Kier molecular flexibility index (Phi) is 8.48. The molecule has 3 aromatic heterocycles. The molecule has 0 aliphatic rings. The fourth-order valence-electron chi connectivity index (χ4n) is 3.91. The number of aryl methyl sites for hydroxylation is 2. The quantitative estimate of drug-likeness (QED) is 0.199. The topological polar surface area (TPSA) is 77.6 Å². The van der Waals surface area contributed by atoms with Crippen molar-refractivity contribution in [2.24, 2.45) is 7.05 Å². The van der Waals surface area contributed by atoms with Crippen LogP contribution in [0.3, 0.4) is 0 Å². The highest BCUT2D eigenvalue weighted by Gasteiger charge is 2.16. The van der Waals surface area contributed by atoms with Crippen molar-refractivity contribution in [3.8, 4) is 5.75 Å². The molecule has 0 saturated heterocycles. The molecule has 0 atom stereocenters. The van der Waals surface area contributed by atoms with Gasteiger partial charge in [0.05, 0.1) is 18.7 Å². The lowest BCUT2D eigenvalue weighted by Gasteiger charge is -2.17. The maximum Gasteiger partial charge on any atom is 0.270 e. The van der Waals surface area contributed by atoms with E-state index in [1.165, 1.54) is 33.1 Å². The van der Waals surface area contributed by atoms with E-state index in [9.17, 15) is 9.59 Å². The number of hydrogen-bond donors (Lipinski definition) is 0. The average molecular weight is 506 g/mol. The van der Waals surface area contributed by atoms with Gasteiger partial charge in [-0.25, -0.2) is 0 Å². The molecule has 4 rings (SSSR count). The van der Waals surface area contributed by atoms with Crippen LogP contribution in [0.4, 0.5) is 0 Å². The second kappa shape index (κ2) is 11.9. The number of amides is 1. The van der Waals surface area contributed by atoms with Crippen LogP contribution in [0.1, 0.15) is 41.1 Å². The molecule has 1 amide bonds. The third-order valence-corrected chi connectivity index (χ3v) is 7.08. The summed E-state index contributed by atoms with van der Waals surface area (Å²) >= 11 is 1.85. The summed E-state index contributed by atoms with van der Waals surface area (Å²) in [6, 6.07) is 13.4. The predicted octanol–water partition coefficient (Wildman–Crippen LogP) is 5.45. The highest BCUT2D eigenvalue weighted by atomic mass is 32.2. The first kappa shape index (κ1) is 25.6. The lowest BCUT2D eigenvalue weighted by molar-refractivity contribution is 0.0765. The van der Waals surface area contributed by atoms with Crippen molar-refractivity contribution in [2.75, 3.05) is 19.4 Å². The summed E-state index contributed by atoms with van der Waals surface area (Å²) in [5, 5.41) is 1.20. The molecule has 3 heterocycles. The Morgan fingerprint density at radius 2 is 2.03 bits per heavy atom. The molecule has 188 valence electrons. The molecule has 0 radical (unpaired) electrons. The third-order valence-electron chi connectivity index (χ3n) is 5.92. The van der Waals surface area contributed by atoms with Crippen LogP contribution in [-0.2, 0) is 13.6 Å². The van der Waals surface area contributed by atoms with Crippen molar-refractivity contribution < 1.29 is 13.9 Å². The van der Waals surface area contributed by atoms with Gasteiger partial charge < -0.3 is 18.6 Å². The normalized spacial score (nSPS) is 11.1. The maximum atomic E-state index is 12.5. The third kappa shape index (κ3) is 6.37. The van der Waals surface area contributed by atoms with E-state index in [2.05, 4.69) is 36.2 Å². The molecule has 0 aliphatic carbocycles. The number of hydrogen-bond acceptors (Lipinski definition) is 6. The summed E-state index contributed by atoms with van der Waals surface area (Å²) in [4.78, 5) is 32.2. The van der Waals surface area contributed by atoms with Crippen LogP contribution in [0.2, 0.25) is 0 Å². The zero-order valence-electron chi connectivity index (χ0n) is 20.9. The van der Waals surface area contributed by atoms with Gasteiger partial charge in [-0.2, -0.15) is 0 Å². The van der Waals surface area contributed by atoms with Gasteiger partial charge in [0.1, 0.15) is 17.7 Å². The Bertz CT molecular complexity index is 1400. The number of carbonyl (C=O) groups excluding carboxylic acids is 1. The minimum absolute atomic E-state index is 0.143. The van der Waals surface area contributed by atoms with Gasteiger partial charge in [0.25, 0.3) is 5.91 Å². The Labute approximate surface area is 215 Å². The number of pyridine rings is 1. The number of carbonyl (C=O) groups is 1. The van der Waals surface area contributed by atoms with Crippen molar-refractivity contribution in [1.29, 1.82) is 0 Å². The van der Waals surface area contributed by atoms with Crippen molar-refractivity contribution in [3.05, 3.63) is 88.4 Å². The zero-order chi connectivity index (χ0) is 25.5. The lowest BCUT2D eigenvalue weighted by atomic mass is 10.1. The summed E-state index contributed by atoms with van der Waals surface area (Å²) < 4.78 is 13.0. The number of thioether (sulfide) groups is 1. The molecule has 0 spiro atoms. The van der Waals surface area contributed by atoms with Crippen LogP contribution in [0.5, 0.6) is 5.75 Å². The van der Waals surface area contributed by atoms with Crippen LogP contribution in [0.15, 0.2) is 75.2 Å². The molecule has 0 fully saturated rings. The molecular formula is C28H31N3O4S. The first-order chi connectivity index (χ1) is 17.4. The number of rotatable bonds is 11. The summed E-state index contributed by atoms with van der Waals surface area (Å²) in [5.74, 6) is 1.48. The standard InChI is InChI=1S/C28H31N3O4S/c1-20-9-10-22-23(16-20)29-12-11-27(22)36-15-6-4-5-14-34-26-19-35-21(17-25(26)32)18-31(3)28(33)24-8-7-13-30(24)2/h7-13,16-17,19H,4-6,14-15,18H2,1-3H3. The molecular weight excluding hydrogens is 474 g/mol. The highest BCUT2D eigenvalue weighted by Crippen LogP contribution is 2.28. The fourth-order valence-corrected chi connectivity index (χ4v) is 4.97. The smallest absolute Gasteiger partial charge is 0.270 e. The number of benzene rings is 1. The Balaban J connectivity index is 1.18. The van der Waals surface area contributed by atoms with Gasteiger partial charge in [0.2, 0.25) is 11.2 Å². The molecule has 36 heavy (non-hydrogen) atoms. The first-order valence-electron chi connectivity index (χ1n) is 12.0. The molecule has 1 aromatic carbocycles. The molecule has 0 N–H and O–H groups in total. The molecule has 0 saturated carbocycles. The highest BCUT2D eigenvalue weighted by molar-refractivity contribution is 7.99. The van der Waals surface area contributed by atoms with Gasteiger partial charge in [-0.05, 0) is 61.8 Å². The van der Waals surface area contributed by atoms with E-state index in [4.69, 9.17) is 9.15 Å². The van der Waals surface area contributed by atoms with Crippen molar-refractivity contribution in [2.45, 2.75) is 37.6 Å². The number of nitrogens with zero attached hydrogens (tertiary/aromatic N) is 3. The van der Waals surface area contributed by atoms with E-state index in [1.54, 1.807) is 17.7 Å². The monoisotopic (exact) mass is 505 g/mol. The maximum absolute atomic E-state index is 12.5. The van der Waals surface area contributed by atoms with E-state index < -0.39 is 0 Å². The summed E-state index contributed by atoms with van der Waals surface area (Å²) in [6.07, 6.45) is 7.93. The van der Waals surface area contributed by atoms with E-state index in [0.29, 0.717) is 18.1 Å². The predicted molar refractivity (Wildman–Crippen MR) is 143 cm³/mol.